The summed E-state index contributed by atoms with van der Waals surface area (Å²) in [5.41, 5.74) is 1.97. The van der Waals surface area contributed by atoms with Crippen LogP contribution in [0.5, 0.6) is 0 Å². The highest BCUT2D eigenvalue weighted by Crippen LogP contribution is 2.14. The lowest BCUT2D eigenvalue weighted by molar-refractivity contribution is -0.112. The third kappa shape index (κ3) is 4.28. The van der Waals surface area contributed by atoms with Crippen LogP contribution in [-0.4, -0.2) is 14.3 Å². The SMILES string of the molecule is CC(=Cc1ccccc1)C(=O)Nc1ccc(S(N)(=O)=O)cc1. The van der Waals surface area contributed by atoms with E-state index in [1.54, 1.807) is 13.0 Å². The second kappa shape index (κ2) is 6.55. The molecule has 0 aliphatic rings. The van der Waals surface area contributed by atoms with E-state index in [0.29, 0.717) is 11.3 Å². The van der Waals surface area contributed by atoms with Crippen molar-refractivity contribution >= 4 is 27.7 Å². The van der Waals surface area contributed by atoms with E-state index in [9.17, 15) is 13.2 Å². The Kier molecular flexibility index (Phi) is 4.75. The highest BCUT2D eigenvalue weighted by molar-refractivity contribution is 7.89. The van der Waals surface area contributed by atoms with Gasteiger partial charge in [-0.2, -0.15) is 0 Å². The van der Waals surface area contributed by atoms with Gasteiger partial charge in [0.05, 0.1) is 4.90 Å². The molecule has 0 radical (unpaired) electrons. The van der Waals surface area contributed by atoms with Crippen LogP contribution in [0.4, 0.5) is 5.69 Å². The maximum atomic E-state index is 12.1. The first-order valence-corrected chi connectivity index (χ1v) is 8.08. The lowest BCUT2D eigenvalue weighted by atomic mass is 10.1. The van der Waals surface area contributed by atoms with E-state index in [2.05, 4.69) is 5.32 Å². The van der Waals surface area contributed by atoms with Crippen molar-refractivity contribution in [1.29, 1.82) is 0 Å². The molecule has 114 valence electrons. The van der Waals surface area contributed by atoms with Crippen LogP contribution < -0.4 is 10.5 Å². The first kappa shape index (κ1) is 15.9. The molecule has 0 aliphatic heterocycles. The summed E-state index contributed by atoms with van der Waals surface area (Å²) < 4.78 is 22.3. The number of primary sulfonamides is 1. The number of nitrogens with two attached hydrogens (primary N) is 1. The van der Waals surface area contributed by atoms with Crippen LogP contribution in [0.25, 0.3) is 6.08 Å². The number of carbonyl (C=O) groups excluding carboxylic acids is 1. The van der Waals surface area contributed by atoms with E-state index >= 15 is 0 Å². The first-order chi connectivity index (χ1) is 10.4. The fourth-order valence-electron chi connectivity index (χ4n) is 1.82. The van der Waals surface area contributed by atoms with Gasteiger partial charge in [-0.3, -0.25) is 4.79 Å². The van der Waals surface area contributed by atoms with Gasteiger partial charge < -0.3 is 5.32 Å². The van der Waals surface area contributed by atoms with Gasteiger partial charge in [-0.25, -0.2) is 13.6 Å². The second-order valence-corrected chi connectivity index (χ2v) is 6.32. The summed E-state index contributed by atoms with van der Waals surface area (Å²) in [6.45, 7) is 1.71. The van der Waals surface area contributed by atoms with Gasteiger partial charge in [0.15, 0.2) is 0 Å². The molecule has 0 fully saturated rings. The molecule has 2 aromatic rings. The van der Waals surface area contributed by atoms with Gasteiger partial charge in [-0.1, -0.05) is 30.3 Å². The number of carbonyl (C=O) groups is 1. The molecule has 0 heterocycles. The van der Waals surface area contributed by atoms with E-state index in [1.165, 1.54) is 24.3 Å². The zero-order valence-electron chi connectivity index (χ0n) is 12.0. The van der Waals surface area contributed by atoms with Crippen LogP contribution in [0.3, 0.4) is 0 Å². The number of nitrogens with one attached hydrogen (secondary N) is 1. The predicted octanol–water partition coefficient (Wildman–Crippen LogP) is 2.38. The minimum Gasteiger partial charge on any atom is -0.322 e. The minimum absolute atomic E-state index is 0.00190. The molecule has 0 unspecified atom stereocenters. The summed E-state index contributed by atoms with van der Waals surface area (Å²) in [6, 6.07) is 15.2. The van der Waals surface area contributed by atoms with Gasteiger partial charge in [0, 0.05) is 11.3 Å². The van der Waals surface area contributed by atoms with E-state index < -0.39 is 10.0 Å². The average molecular weight is 316 g/mol. The number of sulfonamides is 1. The predicted molar refractivity (Wildman–Crippen MR) is 86.5 cm³/mol. The van der Waals surface area contributed by atoms with Crippen LogP contribution >= 0.6 is 0 Å². The molecule has 3 N–H and O–H groups in total. The fourth-order valence-corrected chi connectivity index (χ4v) is 2.34. The van der Waals surface area contributed by atoms with Crippen LogP contribution in [0.2, 0.25) is 0 Å². The molecule has 0 saturated heterocycles. The fraction of sp³-hybridized carbons (Fsp3) is 0.0625. The molecule has 22 heavy (non-hydrogen) atoms. The molecule has 5 nitrogen and oxygen atoms in total. The molecule has 6 heteroatoms. The highest BCUT2D eigenvalue weighted by atomic mass is 32.2. The van der Waals surface area contributed by atoms with Gasteiger partial charge in [0.25, 0.3) is 5.91 Å². The molecular formula is C16H16N2O3S. The van der Waals surface area contributed by atoms with Crippen molar-refractivity contribution in [2.24, 2.45) is 5.14 Å². The lowest BCUT2D eigenvalue weighted by Gasteiger charge is -2.06. The quantitative estimate of drug-likeness (QED) is 0.849. The number of rotatable bonds is 4. The average Bonchev–Trinajstić information content (AvgIpc) is 2.48. The number of amides is 1. The number of anilines is 1. The van der Waals surface area contributed by atoms with Gasteiger partial charge in [0.2, 0.25) is 10.0 Å². The van der Waals surface area contributed by atoms with Crippen LogP contribution in [0.1, 0.15) is 12.5 Å². The molecule has 0 atom stereocenters. The molecule has 0 bridgehead atoms. The Morgan fingerprint density at radius 3 is 2.18 bits per heavy atom. The van der Waals surface area contributed by atoms with Crippen molar-refractivity contribution in [1.82, 2.24) is 0 Å². The standard InChI is InChI=1S/C16H16N2O3S/c1-12(11-13-5-3-2-4-6-13)16(19)18-14-7-9-15(10-8-14)22(17,20)21/h2-11H,1H3,(H,18,19)(H2,17,20,21). The molecule has 0 aromatic heterocycles. The zero-order valence-corrected chi connectivity index (χ0v) is 12.8. The Hall–Kier alpha value is -2.44. The minimum atomic E-state index is -3.73. The molecule has 2 rings (SSSR count). The molecule has 0 aliphatic carbocycles. The van der Waals surface area contributed by atoms with Crippen molar-refractivity contribution < 1.29 is 13.2 Å². The van der Waals surface area contributed by atoms with Gasteiger partial charge in [-0.15, -0.1) is 0 Å². The lowest BCUT2D eigenvalue weighted by Crippen LogP contribution is -2.14. The van der Waals surface area contributed by atoms with Crippen molar-refractivity contribution in [3.05, 3.63) is 65.7 Å². The van der Waals surface area contributed by atoms with Gasteiger partial charge in [-0.05, 0) is 42.8 Å². The van der Waals surface area contributed by atoms with Crippen LogP contribution in [0.15, 0.2) is 65.1 Å². The monoisotopic (exact) mass is 316 g/mol. The smallest absolute Gasteiger partial charge is 0.251 e. The van der Waals surface area contributed by atoms with E-state index in [0.717, 1.165) is 5.56 Å². The summed E-state index contributed by atoms with van der Waals surface area (Å²) >= 11 is 0. The second-order valence-electron chi connectivity index (χ2n) is 4.76. The zero-order chi connectivity index (χ0) is 16.2. The van der Waals surface area contributed by atoms with Gasteiger partial charge >= 0.3 is 0 Å². The Morgan fingerprint density at radius 2 is 1.64 bits per heavy atom. The summed E-state index contributed by atoms with van der Waals surface area (Å²) in [6.07, 6.45) is 1.77. The molecule has 0 saturated carbocycles. The summed E-state index contributed by atoms with van der Waals surface area (Å²) in [5.74, 6) is -0.257. The van der Waals surface area contributed by atoms with E-state index in [4.69, 9.17) is 5.14 Å². The summed E-state index contributed by atoms with van der Waals surface area (Å²) in [4.78, 5) is 12.1. The van der Waals surface area contributed by atoms with Crippen LogP contribution in [0, 0.1) is 0 Å². The number of hydrogen-bond donors (Lipinski definition) is 2. The van der Waals surface area contributed by atoms with Crippen LogP contribution in [-0.2, 0) is 14.8 Å². The highest BCUT2D eigenvalue weighted by Gasteiger charge is 2.09. The molecular weight excluding hydrogens is 300 g/mol. The first-order valence-electron chi connectivity index (χ1n) is 6.54. The number of hydrogen-bond acceptors (Lipinski definition) is 3. The molecule has 1 amide bonds. The molecule has 2 aromatic carbocycles. The normalized spacial score (nSPS) is 12.0. The Labute approximate surface area is 129 Å². The largest absolute Gasteiger partial charge is 0.322 e. The molecule has 0 spiro atoms. The Bertz CT molecular complexity index is 795. The summed E-state index contributed by atoms with van der Waals surface area (Å²) in [5, 5.41) is 7.72. The van der Waals surface area contributed by atoms with Crippen molar-refractivity contribution in [2.75, 3.05) is 5.32 Å². The Balaban J connectivity index is 2.10. The van der Waals surface area contributed by atoms with Crippen molar-refractivity contribution in [3.8, 4) is 0 Å². The third-order valence-corrected chi connectivity index (χ3v) is 3.91. The summed E-state index contributed by atoms with van der Waals surface area (Å²) in [7, 11) is -3.73. The topological polar surface area (TPSA) is 89.3 Å². The number of benzene rings is 2. The third-order valence-electron chi connectivity index (χ3n) is 2.98. The van der Waals surface area contributed by atoms with Crippen molar-refractivity contribution in [2.45, 2.75) is 11.8 Å². The maximum absolute atomic E-state index is 12.1. The van der Waals surface area contributed by atoms with Gasteiger partial charge in [0.1, 0.15) is 0 Å². The Morgan fingerprint density at radius 1 is 1.05 bits per heavy atom. The maximum Gasteiger partial charge on any atom is 0.251 e. The van der Waals surface area contributed by atoms with Crippen molar-refractivity contribution in [3.63, 3.8) is 0 Å². The van der Waals surface area contributed by atoms with E-state index in [1.807, 2.05) is 30.3 Å². The van der Waals surface area contributed by atoms with E-state index in [-0.39, 0.29) is 10.8 Å².